The molecule has 0 rings (SSSR count). The highest BCUT2D eigenvalue weighted by atomic mass is 32.2. The monoisotopic (exact) mass is 386 g/mol. The first-order valence-corrected chi connectivity index (χ1v) is 12.4. The Morgan fingerprint density at radius 3 is 1.38 bits per heavy atom. The summed E-state index contributed by atoms with van der Waals surface area (Å²) in [5.41, 5.74) is 0. The third-order valence-electron chi connectivity index (χ3n) is 4.72. The Hall–Kier alpha value is -0.610. The van der Waals surface area contributed by atoms with Crippen molar-refractivity contribution in [1.29, 1.82) is 0 Å². The Kier molecular flexibility index (Phi) is 18.7. The van der Waals surface area contributed by atoms with E-state index < -0.39 is 10.1 Å². The highest BCUT2D eigenvalue weighted by molar-refractivity contribution is 7.88. The van der Waals surface area contributed by atoms with Gasteiger partial charge in [0.25, 0.3) is 10.1 Å². The molecule has 4 heteroatoms. The molecule has 0 aromatic rings. The second-order valence-corrected chi connectivity index (χ2v) is 8.67. The molecule has 0 saturated carbocycles. The normalized spacial score (nSPS) is 12.5. The van der Waals surface area contributed by atoms with Gasteiger partial charge in [-0.2, -0.15) is 8.42 Å². The van der Waals surface area contributed by atoms with Gasteiger partial charge in [0.05, 0.1) is 5.41 Å². The van der Waals surface area contributed by atoms with E-state index in [4.69, 9.17) is 4.55 Å². The van der Waals surface area contributed by atoms with Crippen molar-refractivity contribution in [3.8, 4) is 0 Å². The van der Waals surface area contributed by atoms with Crippen molar-refractivity contribution in [3.63, 3.8) is 0 Å². The zero-order chi connectivity index (χ0) is 19.3. The van der Waals surface area contributed by atoms with Gasteiger partial charge in [0.1, 0.15) is 0 Å². The van der Waals surface area contributed by atoms with E-state index in [1.807, 2.05) is 6.08 Å². The molecule has 3 nitrogen and oxygen atoms in total. The average molecular weight is 387 g/mol. The van der Waals surface area contributed by atoms with Gasteiger partial charge in [0.2, 0.25) is 0 Å². The zero-order valence-electron chi connectivity index (χ0n) is 17.0. The predicted molar refractivity (Wildman–Crippen MR) is 114 cm³/mol. The number of allylic oxidation sites excluding steroid dienone is 3. The van der Waals surface area contributed by atoms with Crippen molar-refractivity contribution in [1.82, 2.24) is 0 Å². The number of hydrogen-bond acceptors (Lipinski definition) is 2. The van der Waals surface area contributed by atoms with Crippen LogP contribution in [0.5, 0.6) is 0 Å². The quantitative estimate of drug-likeness (QED) is 0.141. The minimum atomic E-state index is -3.98. The molecular formula is C22H42O3S. The SMILES string of the molecule is CCCCCCCCCCCCCCCCCCC=CC=CS(=O)(=O)O. The van der Waals surface area contributed by atoms with E-state index >= 15 is 0 Å². The fourth-order valence-electron chi connectivity index (χ4n) is 3.13. The van der Waals surface area contributed by atoms with E-state index in [-0.39, 0.29) is 0 Å². The molecule has 0 heterocycles. The molecule has 0 spiro atoms. The average Bonchev–Trinajstić information content (AvgIpc) is 2.59. The van der Waals surface area contributed by atoms with Gasteiger partial charge in [-0.1, -0.05) is 115 Å². The van der Waals surface area contributed by atoms with Gasteiger partial charge < -0.3 is 0 Å². The van der Waals surface area contributed by atoms with E-state index in [0.29, 0.717) is 0 Å². The summed E-state index contributed by atoms with van der Waals surface area (Å²) in [5, 5.41) is 0.803. The van der Waals surface area contributed by atoms with Gasteiger partial charge in [-0.05, 0) is 18.9 Å². The predicted octanol–water partition coefficient (Wildman–Crippen LogP) is 7.60. The van der Waals surface area contributed by atoms with Crippen molar-refractivity contribution < 1.29 is 13.0 Å². The molecule has 0 aliphatic carbocycles. The highest BCUT2D eigenvalue weighted by Crippen LogP contribution is 2.14. The van der Waals surface area contributed by atoms with Gasteiger partial charge >= 0.3 is 0 Å². The molecule has 154 valence electrons. The van der Waals surface area contributed by atoms with Crippen LogP contribution in [0.3, 0.4) is 0 Å². The van der Waals surface area contributed by atoms with Gasteiger partial charge in [-0.15, -0.1) is 0 Å². The molecule has 0 saturated heterocycles. The first-order valence-electron chi connectivity index (χ1n) is 10.9. The second kappa shape index (κ2) is 19.2. The summed E-state index contributed by atoms with van der Waals surface area (Å²) in [6.07, 6.45) is 27.9. The van der Waals surface area contributed by atoms with Gasteiger partial charge in [0, 0.05) is 0 Å². The fourth-order valence-corrected chi connectivity index (χ4v) is 3.42. The molecule has 0 aliphatic rings. The van der Waals surface area contributed by atoms with Crippen molar-refractivity contribution in [2.75, 3.05) is 0 Å². The lowest BCUT2D eigenvalue weighted by Crippen LogP contribution is -1.88. The minimum Gasteiger partial charge on any atom is -0.282 e. The highest BCUT2D eigenvalue weighted by Gasteiger charge is 1.94. The molecule has 0 aliphatic heterocycles. The van der Waals surface area contributed by atoms with E-state index in [1.54, 1.807) is 6.08 Å². The maximum atomic E-state index is 10.5. The molecule has 0 amide bonds. The maximum Gasteiger partial charge on any atom is 0.287 e. The van der Waals surface area contributed by atoms with Gasteiger partial charge in [-0.25, -0.2) is 0 Å². The Bertz CT molecular complexity index is 438. The van der Waals surface area contributed by atoms with Gasteiger partial charge in [0.15, 0.2) is 0 Å². The maximum absolute atomic E-state index is 10.5. The van der Waals surface area contributed by atoms with Crippen LogP contribution in [-0.4, -0.2) is 13.0 Å². The molecule has 26 heavy (non-hydrogen) atoms. The van der Waals surface area contributed by atoms with Gasteiger partial charge in [-0.3, -0.25) is 4.55 Å². The molecule has 0 atom stereocenters. The third-order valence-corrected chi connectivity index (χ3v) is 5.22. The summed E-state index contributed by atoms with van der Waals surface area (Å²) in [7, 11) is -3.98. The lowest BCUT2D eigenvalue weighted by Gasteiger charge is -2.03. The Morgan fingerprint density at radius 1 is 0.615 bits per heavy atom. The summed E-state index contributed by atoms with van der Waals surface area (Å²) in [6.45, 7) is 2.27. The molecular weight excluding hydrogens is 344 g/mol. The standard InChI is InChI=1S/C22H42O3S/c1-2-3-4-5-6-7-8-9-10-11-12-13-14-15-16-17-18-19-20-21-22-26(23,24)25/h19-22H,2-18H2,1H3,(H,23,24,25). The van der Waals surface area contributed by atoms with Crippen LogP contribution < -0.4 is 0 Å². The van der Waals surface area contributed by atoms with Crippen molar-refractivity contribution in [2.24, 2.45) is 0 Å². The van der Waals surface area contributed by atoms with Crippen molar-refractivity contribution >= 4 is 10.1 Å². The van der Waals surface area contributed by atoms with E-state index in [1.165, 1.54) is 102 Å². The van der Waals surface area contributed by atoms with Crippen LogP contribution in [0.1, 0.15) is 116 Å². The van der Waals surface area contributed by atoms with E-state index in [2.05, 4.69) is 6.92 Å². The van der Waals surface area contributed by atoms with Crippen molar-refractivity contribution in [3.05, 3.63) is 23.6 Å². The molecule has 0 unspecified atom stereocenters. The first kappa shape index (κ1) is 25.4. The summed E-state index contributed by atoms with van der Waals surface area (Å²) < 4.78 is 29.4. The van der Waals surface area contributed by atoms with E-state index in [9.17, 15) is 8.42 Å². The number of unbranched alkanes of at least 4 members (excludes halogenated alkanes) is 16. The fraction of sp³-hybridized carbons (Fsp3) is 0.818. The summed E-state index contributed by atoms with van der Waals surface area (Å²) >= 11 is 0. The van der Waals surface area contributed by atoms with Crippen LogP contribution in [0, 0.1) is 0 Å². The molecule has 0 radical (unpaired) electrons. The zero-order valence-corrected chi connectivity index (χ0v) is 17.8. The molecule has 0 bridgehead atoms. The van der Waals surface area contributed by atoms with E-state index in [0.717, 1.165) is 18.2 Å². The van der Waals surface area contributed by atoms with Crippen LogP contribution in [0.2, 0.25) is 0 Å². The largest absolute Gasteiger partial charge is 0.287 e. The van der Waals surface area contributed by atoms with Crippen LogP contribution in [-0.2, 0) is 10.1 Å². The Labute approximate surface area is 163 Å². The summed E-state index contributed by atoms with van der Waals surface area (Å²) in [4.78, 5) is 0. The molecule has 1 N–H and O–H groups in total. The molecule has 0 fully saturated rings. The molecule has 0 aromatic heterocycles. The number of hydrogen-bond donors (Lipinski definition) is 1. The van der Waals surface area contributed by atoms with Crippen LogP contribution >= 0.6 is 0 Å². The van der Waals surface area contributed by atoms with Crippen LogP contribution in [0.25, 0.3) is 0 Å². The van der Waals surface area contributed by atoms with Crippen LogP contribution in [0.15, 0.2) is 23.6 Å². The third kappa shape index (κ3) is 23.4. The summed E-state index contributed by atoms with van der Waals surface area (Å²) in [5.74, 6) is 0. The Balaban J connectivity index is 3.16. The lowest BCUT2D eigenvalue weighted by molar-refractivity contribution is 0.494. The minimum absolute atomic E-state index is 0.803. The van der Waals surface area contributed by atoms with Crippen molar-refractivity contribution in [2.45, 2.75) is 116 Å². The lowest BCUT2D eigenvalue weighted by atomic mass is 10.0. The summed E-state index contributed by atoms with van der Waals surface area (Å²) in [6, 6.07) is 0. The second-order valence-electron chi connectivity index (χ2n) is 7.36. The van der Waals surface area contributed by atoms with Crippen LogP contribution in [0.4, 0.5) is 0 Å². The molecule has 0 aromatic carbocycles. The smallest absolute Gasteiger partial charge is 0.282 e. The Morgan fingerprint density at radius 2 is 1.00 bits per heavy atom. The topological polar surface area (TPSA) is 54.4 Å². The number of rotatable bonds is 19. The first-order chi connectivity index (χ1) is 12.6.